The Bertz CT molecular complexity index is 150. The van der Waals surface area contributed by atoms with Crippen LogP contribution in [-0.4, -0.2) is 18.9 Å². The summed E-state index contributed by atoms with van der Waals surface area (Å²) in [5.41, 5.74) is 0. The number of nitrogens with one attached hydrogen (secondary N) is 1. The molecule has 0 aromatic heterocycles. The number of hydrogen-bond donors (Lipinski definition) is 1. The Labute approximate surface area is 68.4 Å². The Morgan fingerprint density at radius 2 is 1.91 bits per heavy atom. The van der Waals surface area contributed by atoms with Gasteiger partial charge in [0.05, 0.1) is 0 Å². The molecule has 2 heteroatoms. The third kappa shape index (κ3) is 1.80. The van der Waals surface area contributed by atoms with E-state index in [-0.39, 0.29) is 5.92 Å². The van der Waals surface area contributed by atoms with E-state index in [1.807, 2.05) is 6.92 Å². The molecule has 2 nitrogen and oxygen atoms in total. The van der Waals surface area contributed by atoms with E-state index in [2.05, 4.69) is 19.2 Å². The summed E-state index contributed by atoms with van der Waals surface area (Å²) in [6.45, 7) is 8.04. The highest BCUT2D eigenvalue weighted by Gasteiger charge is 2.29. The first kappa shape index (κ1) is 8.72. The largest absolute Gasteiger partial charge is 0.315 e. The number of Topliss-reactive ketones (excluding diaryl/α,β-unsaturated/α-hetero) is 1. The summed E-state index contributed by atoms with van der Waals surface area (Å²) in [7, 11) is 0. The van der Waals surface area contributed by atoms with E-state index in [0.29, 0.717) is 17.6 Å². The molecule has 1 saturated heterocycles. The molecule has 1 N–H and O–H groups in total. The van der Waals surface area contributed by atoms with Gasteiger partial charge in [-0.15, -0.1) is 0 Å². The van der Waals surface area contributed by atoms with Crippen LogP contribution in [0.1, 0.15) is 20.8 Å². The van der Waals surface area contributed by atoms with Gasteiger partial charge < -0.3 is 5.32 Å². The highest BCUT2D eigenvalue weighted by atomic mass is 16.1. The average molecular weight is 155 g/mol. The van der Waals surface area contributed by atoms with Gasteiger partial charge in [-0.3, -0.25) is 4.79 Å². The molecule has 64 valence electrons. The van der Waals surface area contributed by atoms with Crippen LogP contribution in [-0.2, 0) is 4.79 Å². The van der Waals surface area contributed by atoms with Crippen LogP contribution in [0.5, 0.6) is 0 Å². The number of hydrogen-bond acceptors (Lipinski definition) is 2. The fourth-order valence-corrected chi connectivity index (χ4v) is 1.19. The lowest BCUT2D eigenvalue weighted by Crippen LogP contribution is -2.48. The molecule has 11 heavy (non-hydrogen) atoms. The molecule has 1 aliphatic rings. The fourth-order valence-electron chi connectivity index (χ4n) is 1.19. The van der Waals surface area contributed by atoms with Crippen molar-refractivity contribution in [2.24, 2.45) is 17.8 Å². The number of ketones is 1. The highest BCUT2D eigenvalue weighted by molar-refractivity contribution is 5.84. The van der Waals surface area contributed by atoms with Gasteiger partial charge in [0.2, 0.25) is 0 Å². The quantitative estimate of drug-likeness (QED) is 0.660. The standard InChI is InChI=1S/C9H17NO/c1-6(2)7(3)9(11)8-4-10-5-8/h6-8,10H,4-5H2,1-3H3. The van der Waals surface area contributed by atoms with Gasteiger partial charge in [-0.2, -0.15) is 0 Å². The monoisotopic (exact) mass is 155 g/mol. The zero-order chi connectivity index (χ0) is 8.43. The predicted octanol–water partition coefficient (Wildman–Crippen LogP) is 1.07. The smallest absolute Gasteiger partial charge is 0.141 e. The molecule has 1 fully saturated rings. The Kier molecular flexibility index (Phi) is 2.66. The molecule has 1 unspecified atom stereocenters. The maximum absolute atomic E-state index is 11.5. The minimum absolute atomic E-state index is 0.238. The average Bonchev–Trinajstić information content (AvgIpc) is 1.82. The lowest BCUT2D eigenvalue weighted by atomic mass is 9.84. The lowest BCUT2D eigenvalue weighted by molar-refractivity contribution is -0.128. The summed E-state index contributed by atoms with van der Waals surface area (Å²) >= 11 is 0. The van der Waals surface area contributed by atoms with Crippen molar-refractivity contribution >= 4 is 5.78 Å². The van der Waals surface area contributed by atoms with Crippen molar-refractivity contribution in [2.75, 3.05) is 13.1 Å². The van der Waals surface area contributed by atoms with E-state index in [1.54, 1.807) is 0 Å². The molecule has 1 heterocycles. The minimum atomic E-state index is 0.238. The molecular formula is C9H17NO. The Balaban J connectivity index is 2.39. The van der Waals surface area contributed by atoms with Crippen LogP contribution in [0.2, 0.25) is 0 Å². The SMILES string of the molecule is CC(C)C(C)C(=O)C1CNC1. The van der Waals surface area contributed by atoms with E-state index in [0.717, 1.165) is 13.1 Å². The summed E-state index contributed by atoms with van der Waals surface area (Å²) in [4.78, 5) is 11.5. The molecule has 0 aliphatic carbocycles. The maximum atomic E-state index is 11.5. The van der Waals surface area contributed by atoms with E-state index in [9.17, 15) is 4.79 Å². The van der Waals surface area contributed by atoms with Gasteiger partial charge in [0, 0.05) is 24.9 Å². The van der Waals surface area contributed by atoms with Crippen molar-refractivity contribution in [3.05, 3.63) is 0 Å². The summed E-state index contributed by atoms with van der Waals surface area (Å²) in [6, 6.07) is 0. The maximum Gasteiger partial charge on any atom is 0.141 e. The van der Waals surface area contributed by atoms with Gasteiger partial charge in [0.15, 0.2) is 0 Å². The van der Waals surface area contributed by atoms with E-state index < -0.39 is 0 Å². The summed E-state index contributed by atoms with van der Waals surface area (Å²) in [6.07, 6.45) is 0. The van der Waals surface area contributed by atoms with Gasteiger partial charge >= 0.3 is 0 Å². The van der Waals surface area contributed by atoms with Crippen LogP contribution in [0.4, 0.5) is 0 Å². The number of carbonyl (C=O) groups is 1. The second-order valence-corrected chi connectivity index (χ2v) is 3.79. The molecule has 0 bridgehead atoms. The van der Waals surface area contributed by atoms with Crippen molar-refractivity contribution in [3.63, 3.8) is 0 Å². The van der Waals surface area contributed by atoms with Crippen LogP contribution in [0.25, 0.3) is 0 Å². The van der Waals surface area contributed by atoms with Gasteiger partial charge in [0.25, 0.3) is 0 Å². The summed E-state index contributed by atoms with van der Waals surface area (Å²) < 4.78 is 0. The number of carbonyl (C=O) groups excluding carboxylic acids is 1. The number of rotatable bonds is 3. The Morgan fingerprint density at radius 1 is 1.36 bits per heavy atom. The van der Waals surface area contributed by atoms with E-state index >= 15 is 0 Å². The Hall–Kier alpha value is -0.370. The Morgan fingerprint density at radius 3 is 2.18 bits per heavy atom. The molecule has 0 saturated carbocycles. The molecule has 1 atom stereocenters. The first-order valence-electron chi connectivity index (χ1n) is 4.37. The molecule has 0 aromatic carbocycles. The van der Waals surface area contributed by atoms with Gasteiger partial charge in [-0.25, -0.2) is 0 Å². The second kappa shape index (κ2) is 3.35. The summed E-state index contributed by atoms with van der Waals surface area (Å²) in [5.74, 6) is 1.48. The van der Waals surface area contributed by atoms with Crippen LogP contribution < -0.4 is 5.32 Å². The van der Waals surface area contributed by atoms with E-state index in [4.69, 9.17) is 0 Å². The van der Waals surface area contributed by atoms with Crippen molar-refractivity contribution in [1.82, 2.24) is 5.32 Å². The first-order valence-corrected chi connectivity index (χ1v) is 4.37. The van der Waals surface area contributed by atoms with Crippen LogP contribution in [0, 0.1) is 17.8 Å². The van der Waals surface area contributed by atoms with Gasteiger partial charge in [-0.05, 0) is 5.92 Å². The fraction of sp³-hybridized carbons (Fsp3) is 0.889. The minimum Gasteiger partial charge on any atom is -0.315 e. The lowest BCUT2D eigenvalue weighted by Gasteiger charge is -2.29. The van der Waals surface area contributed by atoms with Crippen LogP contribution >= 0.6 is 0 Å². The normalized spacial score (nSPS) is 21.5. The van der Waals surface area contributed by atoms with Gasteiger partial charge in [-0.1, -0.05) is 20.8 Å². The highest BCUT2D eigenvalue weighted by Crippen LogP contribution is 2.17. The third-order valence-corrected chi connectivity index (χ3v) is 2.63. The summed E-state index contributed by atoms with van der Waals surface area (Å²) in [5, 5.41) is 3.12. The van der Waals surface area contributed by atoms with Crippen molar-refractivity contribution < 1.29 is 4.79 Å². The van der Waals surface area contributed by atoms with Crippen LogP contribution in [0.15, 0.2) is 0 Å². The molecule has 1 aliphatic heterocycles. The van der Waals surface area contributed by atoms with Gasteiger partial charge in [0.1, 0.15) is 5.78 Å². The van der Waals surface area contributed by atoms with Crippen molar-refractivity contribution in [3.8, 4) is 0 Å². The molecule has 1 rings (SSSR count). The van der Waals surface area contributed by atoms with Crippen molar-refractivity contribution in [1.29, 1.82) is 0 Å². The topological polar surface area (TPSA) is 29.1 Å². The van der Waals surface area contributed by atoms with Crippen molar-refractivity contribution in [2.45, 2.75) is 20.8 Å². The first-order chi connectivity index (χ1) is 5.13. The van der Waals surface area contributed by atoms with Crippen LogP contribution in [0.3, 0.4) is 0 Å². The molecule has 0 radical (unpaired) electrons. The zero-order valence-corrected chi connectivity index (χ0v) is 7.55. The predicted molar refractivity (Wildman–Crippen MR) is 45.4 cm³/mol. The second-order valence-electron chi connectivity index (χ2n) is 3.79. The molecule has 0 aromatic rings. The molecular weight excluding hydrogens is 138 g/mol. The zero-order valence-electron chi connectivity index (χ0n) is 7.55. The molecule has 0 amide bonds. The molecule has 0 spiro atoms. The third-order valence-electron chi connectivity index (χ3n) is 2.63. The van der Waals surface area contributed by atoms with E-state index in [1.165, 1.54) is 0 Å².